The number of amides is 2. The van der Waals surface area contributed by atoms with E-state index in [0.717, 1.165) is 11.1 Å². The molecule has 0 bridgehead atoms. The van der Waals surface area contributed by atoms with E-state index in [0.29, 0.717) is 13.2 Å². The Bertz CT molecular complexity index is 493. The first-order chi connectivity index (χ1) is 9.84. The van der Waals surface area contributed by atoms with Crippen molar-refractivity contribution < 1.29 is 14.3 Å². The van der Waals surface area contributed by atoms with Crippen molar-refractivity contribution in [2.24, 2.45) is 5.41 Å². The lowest BCUT2D eigenvalue weighted by Crippen LogP contribution is -2.41. The predicted molar refractivity (Wildman–Crippen MR) is 81.5 cm³/mol. The molecular formula is C16H24N2O3. The van der Waals surface area contributed by atoms with E-state index >= 15 is 0 Å². The Morgan fingerprint density at radius 2 is 1.71 bits per heavy atom. The smallest absolute Gasteiger partial charge is 0.239 e. The highest BCUT2D eigenvalue weighted by molar-refractivity contribution is 5.87. The summed E-state index contributed by atoms with van der Waals surface area (Å²) in [6.07, 6.45) is 0. The first kappa shape index (κ1) is 17.2. The molecule has 5 heteroatoms. The van der Waals surface area contributed by atoms with Crippen LogP contribution in [0.1, 0.15) is 31.9 Å². The lowest BCUT2D eigenvalue weighted by atomic mass is 9.96. The van der Waals surface area contributed by atoms with Crippen LogP contribution in [0.2, 0.25) is 0 Å². The van der Waals surface area contributed by atoms with Crippen molar-refractivity contribution >= 4 is 11.8 Å². The van der Waals surface area contributed by atoms with Crippen molar-refractivity contribution in [1.82, 2.24) is 10.6 Å². The average Bonchev–Trinajstić information content (AvgIpc) is 2.43. The molecule has 1 rings (SSSR count). The van der Waals surface area contributed by atoms with Gasteiger partial charge in [0.05, 0.1) is 13.2 Å². The number of nitrogens with one attached hydrogen (secondary N) is 2. The zero-order chi connectivity index (χ0) is 15.9. The van der Waals surface area contributed by atoms with Gasteiger partial charge in [-0.2, -0.15) is 0 Å². The SMILES string of the molecule is COCc1ccccc1CNC(=O)CNC(=O)C(C)(C)C. The minimum Gasteiger partial charge on any atom is -0.380 e. The molecule has 0 saturated carbocycles. The number of hydrogen-bond donors (Lipinski definition) is 2. The normalized spacial score (nSPS) is 11.0. The maximum Gasteiger partial charge on any atom is 0.239 e. The first-order valence-corrected chi connectivity index (χ1v) is 6.95. The van der Waals surface area contributed by atoms with Crippen LogP contribution >= 0.6 is 0 Å². The summed E-state index contributed by atoms with van der Waals surface area (Å²) in [5.74, 6) is -0.350. The predicted octanol–water partition coefficient (Wildman–Crippen LogP) is 1.61. The Kier molecular flexibility index (Phi) is 6.37. The van der Waals surface area contributed by atoms with Crippen LogP contribution < -0.4 is 10.6 Å². The molecular weight excluding hydrogens is 268 g/mol. The minimum atomic E-state index is -0.495. The number of rotatable bonds is 6. The van der Waals surface area contributed by atoms with Gasteiger partial charge >= 0.3 is 0 Å². The van der Waals surface area contributed by atoms with Crippen LogP contribution in [0.5, 0.6) is 0 Å². The van der Waals surface area contributed by atoms with Gasteiger partial charge in [-0.05, 0) is 11.1 Å². The molecule has 0 atom stereocenters. The lowest BCUT2D eigenvalue weighted by Gasteiger charge is -2.17. The zero-order valence-corrected chi connectivity index (χ0v) is 13.2. The van der Waals surface area contributed by atoms with Crippen molar-refractivity contribution in [3.63, 3.8) is 0 Å². The van der Waals surface area contributed by atoms with Crippen molar-refractivity contribution in [3.05, 3.63) is 35.4 Å². The van der Waals surface area contributed by atoms with Crippen molar-refractivity contribution in [1.29, 1.82) is 0 Å². The fourth-order valence-electron chi connectivity index (χ4n) is 1.71. The summed E-state index contributed by atoms with van der Waals surface area (Å²) in [6.45, 7) is 6.34. The van der Waals surface area contributed by atoms with Gasteiger partial charge in [-0.25, -0.2) is 0 Å². The third-order valence-electron chi connectivity index (χ3n) is 2.98. The van der Waals surface area contributed by atoms with E-state index < -0.39 is 5.41 Å². The lowest BCUT2D eigenvalue weighted by molar-refractivity contribution is -0.131. The molecule has 1 aromatic carbocycles. The Morgan fingerprint density at radius 3 is 2.29 bits per heavy atom. The molecule has 0 spiro atoms. The standard InChI is InChI=1S/C16H24N2O3/c1-16(2,3)15(20)18-10-14(19)17-9-12-7-5-6-8-13(12)11-21-4/h5-8H,9-11H2,1-4H3,(H,17,19)(H,18,20). The second-order valence-electron chi connectivity index (χ2n) is 5.91. The van der Waals surface area contributed by atoms with E-state index in [9.17, 15) is 9.59 Å². The third kappa shape index (κ3) is 5.95. The molecule has 0 aliphatic carbocycles. The van der Waals surface area contributed by atoms with E-state index in [2.05, 4.69) is 10.6 Å². The van der Waals surface area contributed by atoms with E-state index in [1.807, 2.05) is 24.3 Å². The van der Waals surface area contributed by atoms with Gasteiger partial charge < -0.3 is 15.4 Å². The minimum absolute atomic E-state index is 0.0114. The van der Waals surface area contributed by atoms with Crippen molar-refractivity contribution in [3.8, 4) is 0 Å². The third-order valence-corrected chi connectivity index (χ3v) is 2.98. The molecule has 0 radical (unpaired) electrons. The van der Waals surface area contributed by atoms with Crippen LogP contribution in [0.3, 0.4) is 0 Å². The van der Waals surface area contributed by atoms with Gasteiger partial charge in [0, 0.05) is 19.1 Å². The molecule has 0 unspecified atom stereocenters. The maximum atomic E-state index is 11.8. The number of methoxy groups -OCH3 is 1. The molecule has 2 N–H and O–H groups in total. The highest BCUT2D eigenvalue weighted by Gasteiger charge is 2.21. The first-order valence-electron chi connectivity index (χ1n) is 6.95. The van der Waals surface area contributed by atoms with Gasteiger partial charge in [0.25, 0.3) is 0 Å². The van der Waals surface area contributed by atoms with Gasteiger partial charge in [-0.3, -0.25) is 9.59 Å². The summed E-state index contributed by atoms with van der Waals surface area (Å²) < 4.78 is 5.12. The number of carbonyl (C=O) groups excluding carboxylic acids is 2. The highest BCUT2D eigenvalue weighted by atomic mass is 16.5. The molecule has 0 fully saturated rings. The van der Waals surface area contributed by atoms with E-state index in [4.69, 9.17) is 4.74 Å². The molecule has 0 saturated heterocycles. The van der Waals surface area contributed by atoms with Crippen molar-refractivity contribution in [2.75, 3.05) is 13.7 Å². The molecule has 2 amide bonds. The fourth-order valence-corrected chi connectivity index (χ4v) is 1.71. The molecule has 21 heavy (non-hydrogen) atoms. The summed E-state index contributed by atoms with van der Waals surface area (Å²) in [6, 6.07) is 7.76. The molecule has 5 nitrogen and oxygen atoms in total. The summed E-state index contributed by atoms with van der Waals surface area (Å²) in [4.78, 5) is 23.4. The van der Waals surface area contributed by atoms with E-state index in [1.54, 1.807) is 27.9 Å². The van der Waals surface area contributed by atoms with Crippen LogP contribution in [0.4, 0.5) is 0 Å². The van der Waals surface area contributed by atoms with Gasteiger partial charge in [-0.15, -0.1) is 0 Å². The summed E-state index contributed by atoms with van der Waals surface area (Å²) in [5, 5.41) is 5.42. The molecule has 0 heterocycles. The molecule has 0 aliphatic heterocycles. The second-order valence-corrected chi connectivity index (χ2v) is 5.91. The Labute approximate surface area is 126 Å². The fraction of sp³-hybridized carbons (Fsp3) is 0.500. The van der Waals surface area contributed by atoms with Gasteiger partial charge in [-0.1, -0.05) is 45.0 Å². The Morgan fingerprint density at radius 1 is 1.10 bits per heavy atom. The zero-order valence-electron chi connectivity index (χ0n) is 13.2. The second kappa shape index (κ2) is 7.78. The summed E-state index contributed by atoms with van der Waals surface area (Å²) in [7, 11) is 1.64. The van der Waals surface area contributed by atoms with Crippen LogP contribution in [-0.4, -0.2) is 25.5 Å². The molecule has 0 aliphatic rings. The maximum absolute atomic E-state index is 11.8. The van der Waals surface area contributed by atoms with Gasteiger partial charge in [0.15, 0.2) is 0 Å². The van der Waals surface area contributed by atoms with Gasteiger partial charge in [0.1, 0.15) is 0 Å². The Hall–Kier alpha value is -1.88. The van der Waals surface area contributed by atoms with E-state index in [1.165, 1.54) is 0 Å². The van der Waals surface area contributed by atoms with Crippen LogP contribution in [0.25, 0.3) is 0 Å². The molecule has 0 aromatic heterocycles. The Balaban J connectivity index is 2.45. The van der Waals surface area contributed by atoms with Crippen LogP contribution in [0.15, 0.2) is 24.3 Å². The topological polar surface area (TPSA) is 67.4 Å². The monoisotopic (exact) mass is 292 g/mol. The average molecular weight is 292 g/mol. The van der Waals surface area contributed by atoms with Crippen molar-refractivity contribution in [2.45, 2.75) is 33.9 Å². The number of carbonyl (C=O) groups is 2. The summed E-state index contributed by atoms with van der Waals surface area (Å²) >= 11 is 0. The van der Waals surface area contributed by atoms with Gasteiger partial charge in [0.2, 0.25) is 11.8 Å². The number of benzene rings is 1. The number of hydrogen-bond acceptors (Lipinski definition) is 3. The highest BCUT2D eigenvalue weighted by Crippen LogP contribution is 2.12. The van der Waals surface area contributed by atoms with E-state index in [-0.39, 0.29) is 18.4 Å². The summed E-state index contributed by atoms with van der Waals surface area (Å²) in [5.41, 5.74) is 1.56. The molecule has 1 aromatic rings. The van der Waals surface area contributed by atoms with Crippen LogP contribution in [0, 0.1) is 5.41 Å². The molecule has 116 valence electrons. The quantitative estimate of drug-likeness (QED) is 0.837. The largest absolute Gasteiger partial charge is 0.380 e. The number of ether oxygens (including phenoxy) is 1. The van der Waals surface area contributed by atoms with Crippen LogP contribution in [-0.2, 0) is 27.5 Å².